The third-order valence-corrected chi connectivity index (χ3v) is 3.93. The number of azide groups is 1. The van der Waals surface area contributed by atoms with Crippen LogP contribution in [0.15, 0.2) is 38.6 Å². The zero-order chi connectivity index (χ0) is 22.3. The van der Waals surface area contributed by atoms with E-state index in [0.29, 0.717) is 44.1 Å². The molecular formula is C19H24FN5O6. The van der Waals surface area contributed by atoms with E-state index in [2.05, 4.69) is 20.7 Å². The number of carbonyl (C=O) groups is 1. The zero-order valence-corrected chi connectivity index (χ0v) is 16.8. The number of halogens is 1. The maximum absolute atomic E-state index is 12.4. The lowest BCUT2D eigenvalue weighted by molar-refractivity contribution is 0.0166. The Morgan fingerprint density at radius 2 is 1.81 bits per heavy atom. The van der Waals surface area contributed by atoms with E-state index < -0.39 is 18.3 Å². The fraction of sp³-hybridized carbons (Fsp3) is 0.474. The van der Waals surface area contributed by atoms with Gasteiger partial charge in [0.2, 0.25) is 0 Å². The molecular weight excluding hydrogens is 413 g/mol. The number of carbonyl (C=O) groups excluding carboxylic acids is 1. The van der Waals surface area contributed by atoms with Crippen molar-refractivity contribution in [3.8, 4) is 0 Å². The number of amides is 1. The molecule has 0 saturated carbocycles. The zero-order valence-electron chi connectivity index (χ0n) is 16.8. The lowest BCUT2D eigenvalue weighted by Gasteiger charge is -2.08. The van der Waals surface area contributed by atoms with Crippen molar-refractivity contribution >= 4 is 22.6 Å². The van der Waals surface area contributed by atoms with Crippen LogP contribution in [0.1, 0.15) is 10.4 Å². The summed E-state index contributed by atoms with van der Waals surface area (Å²) in [4.78, 5) is 26.9. The second-order valence-corrected chi connectivity index (χ2v) is 6.06. The van der Waals surface area contributed by atoms with Gasteiger partial charge < -0.3 is 29.3 Å². The first-order valence-electron chi connectivity index (χ1n) is 9.55. The molecule has 1 amide bonds. The number of hydrogen-bond donors (Lipinski definition) is 2. The molecule has 0 saturated heterocycles. The molecule has 1 aromatic carbocycles. The van der Waals surface area contributed by atoms with Crippen LogP contribution in [0.2, 0.25) is 0 Å². The van der Waals surface area contributed by atoms with Crippen LogP contribution in [-0.4, -0.2) is 65.4 Å². The van der Waals surface area contributed by atoms with Gasteiger partial charge in [0.25, 0.3) is 5.91 Å². The van der Waals surface area contributed by atoms with E-state index >= 15 is 0 Å². The first-order chi connectivity index (χ1) is 15.2. The van der Waals surface area contributed by atoms with Crippen molar-refractivity contribution in [3.63, 3.8) is 0 Å². The van der Waals surface area contributed by atoms with Crippen LogP contribution in [0.25, 0.3) is 21.4 Å². The highest BCUT2D eigenvalue weighted by molar-refractivity contribution is 5.96. The Balaban J connectivity index is 1.63. The van der Waals surface area contributed by atoms with Gasteiger partial charge in [0.15, 0.2) is 6.80 Å². The maximum Gasteiger partial charge on any atom is 0.349 e. The molecule has 2 N–H and O–H groups in total. The Labute approximate surface area is 177 Å². The van der Waals surface area contributed by atoms with Crippen molar-refractivity contribution in [2.75, 3.05) is 64.8 Å². The van der Waals surface area contributed by atoms with E-state index in [1.165, 1.54) is 12.1 Å². The second kappa shape index (κ2) is 13.9. The molecule has 31 heavy (non-hydrogen) atoms. The Morgan fingerprint density at radius 1 is 1.10 bits per heavy atom. The molecule has 0 atom stereocenters. The van der Waals surface area contributed by atoms with Gasteiger partial charge in [0, 0.05) is 35.1 Å². The molecule has 0 aliphatic rings. The number of benzene rings is 1. The molecule has 2 rings (SSSR count). The topological polar surface area (TPSA) is 148 Å². The molecule has 0 aliphatic carbocycles. The average molecular weight is 437 g/mol. The summed E-state index contributed by atoms with van der Waals surface area (Å²) in [5.41, 5.74) is 7.92. The summed E-state index contributed by atoms with van der Waals surface area (Å²) in [5, 5.41) is 8.94. The van der Waals surface area contributed by atoms with Gasteiger partial charge >= 0.3 is 5.63 Å². The normalized spacial score (nSPS) is 10.6. The van der Waals surface area contributed by atoms with Crippen LogP contribution >= 0.6 is 0 Å². The molecule has 0 bridgehead atoms. The predicted molar refractivity (Wildman–Crippen MR) is 111 cm³/mol. The van der Waals surface area contributed by atoms with E-state index in [-0.39, 0.29) is 30.8 Å². The third kappa shape index (κ3) is 8.60. The number of fused-ring (bicyclic) bond motifs is 1. The molecule has 0 spiro atoms. The number of ether oxygens (including phenoxy) is 3. The van der Waals surface area contributed by atoms with Crippen molar-refractivity contribution in [2.45, 2.75) is 0 Å². The molecule has 0 fully saturated rings. The molecule has 1 aromatic heterocycles. The van der Waals surface area contributed by atoms with E-state index in [1.54, 1.807) is 12.1 Å². The molecule has 1 heterocycles. The molecule has 12 heteroatoms. The first kappa shape index (κ1) is 24.1. The second-order valence-electron chi connectivity index (χ2n) is 6.06. The van der Waals surface area contributed by atoms with Gasteiger partial charge in [-0.05, 0) is 23.7 Å². The highest BCUT2D eigenvalue weighted by Crippen LogP contribution is 2.18. The Bertz CT molecular complexity index is 947. The van der Waals surface area contributed by atoms with Crippen molar-refractivity contribution in [2.24, 2.45) is 5.11 Å². The SMILES string of the molecule is [N-]=[N+]=NCCOCCOCCOCCNC(=O)c1cc2ccc(NCF)cc2oc1=O. The standard InChI is InChI=1S/C19H24FN5O6/c20-13-23-15-2-1-14-11-16(19(27)31-17(14)12-15)18(26)22-3-5-28-7-9-30-10-8-29-6-4-24-25-21/h1-2,11-12,23H,3-10,13H2,(H,22,26). The summed E-state index contributed by atoms with van der Waals surface area (Å²) in [7, 11) is 0. The number of alkyl halides is 1. The maximum atomic E-state index is 12.4. The van der Waals surface area contributed by atoms with E-state index in [0.717, 1.165) is 0 Å². The Kier molecular flexibility index (Phi) is 10.8. The summed E-state index contributed by atoms with van der Waals surface area (Å²) < 4.78 is 33.3. The monoisotopic (exact) mass is 437 g/mol. The van der Waals surface area contributed by atoms with Gasteiger partial charge in [0.1, 0.15) is 11.1 Å². The van der Waals surface area contributed by atoms with Crippen molar-refractivity contribution < 1.29 is 27.8 Å². The molecule has 0 radical (unpaired) electrons. The molecule has 11 nitrogen and oxygen atoms in total. The summed E-state index contributed by atoms with van der Waals surface area (Å²) in [5.74, 6) is -0.570. The van der Waals surface area contributed by atoms with Gasteiger partial charge in [-0.15, -0.1) is 0 Å². The smallest absolute Gasteiger partial charge is 0.349 e. The fourth-order valence-electron chi connectivity index (χ4n) is 2.48. The van der Waals surface area contributed by atoms with Gasteiger partial charge in [0.05, 0.1) is 39.6 Å². The third-order valence-electron chi connectivity index (χ3n) is 3.93. The quantitative estimate of drug-likeness (QED) is 0.108. The average Bonchev–Trinajstić information content (AvgIpc) is 2.76. The minimum atomic E-state index is -0.779. The van der Waals surface area contributed by atoms with Crippen molar-refractivity contribution in [1.29, 1.82) is 0 Å². The van der Waals surface area contributed by atoms with Crippen molar-refractivity contribution in [1.82, 2.24) is 5.32 Å². The number of nitrogens with zero attached hydrogens (tertiary/aromatic N) is 3. The molecule has 2 aromatic rings. The summed E-state index contributed by atoms with van der Waals surface area (Å²) in [6.45, 7) is 1.80. The van der Waals surface area contributed by atoms with E-state index in [1.807, 2.05) is 0 Å². The van der Waals surface area contributed by atoms with Crippen LogP contribution in [0.3, 0.4) is 0 Å². The largest absolute Gasteiger partial charge is 0.422 e. The predicted octanol–water partition coefficient (Wildman–Crippen LogP) is 2.22. The lowest BCUT2D eigenvalue weighted by atomic mass is 10.1. The van der Waals surface area contributed by atoms with E-state index in [9.17, 15) is 14.0 Å². The Morgan fingerprint density at radius 3 is 2.52 bits per heavy atom. The minimum Gasteiger partial charge on any atom is -0.422 e. The van der Waals surface area contributed by atoms with Gasteiger partial charge in [-0.25, -0.2) is 9.18 Å². The highest BCUT2D eigenvalue weighted by Gasteiger charge is 2.13. The van der Waals surface area contributed by atoms with Crippen LogP contribution in [0, 0.1) is 0 Å². The number of rotatable bonds is 15. The molecule has 168 valence electrons. The van der Waals surface area contributed by atoms with Crippen LogP contribution in [-0.2, 0) is 14.2 Å². The first-order valence-corrected chi connectivity index (χ1v) is 9.55. The van der Waals surface area contributed by atoms with Gasteiger partial charge in [-0.2, -0.15) is 0 Å². The van der Waals surface area contributed by atoms with Crippen LogP contribution < -0.4 is 16.3 Å². The lowest BCUT2D eigenvalue weighted by Crippen LogP contribution is -2.31. The highest BCUT2D eigenvalue weighted by atomic mass is 19.1. The van der Waals surface area contributed by atoms with Crippen LogP contribution in [0.4, 0.5) is 10.1 Å². The molecule has 0 unspecified atom stereocenters. The fourth-order valence-corrected chi connectivity index (χ4v) is 2.48. The van der Waals surface area contributed by atoms with Gasteiger partial charge in [-0.3, -0.25) is 4.79 Å². The minimum absolute atomic E-state index is 0.123. The van der Waals surface area contributed by atoms with Crippen molar-refractivity contribution in [3.05, 3.63) is 50.7 Å². The summed E-state index contributed by atoms with van der Waals surface area (Å²) >= 11 is 0. The number of nitrogens with one attached hydrogen (secondary N) is 2. The summed E-state index contributed by atoms with van der Waals surface area (Å²) in [6, 6.07) is 6.17. The van der Waals surface area contributed by atoms with Crippen LogP contribution in [0.5, 0.6) is 0 Å². The van der Waals surface area contributed by atoms with E-state index in [4.69, 9.17) is 24.2 Å². The molecule has 0 aliphatic heterocycles. The van der Waals surface area contributed by atoms with Gasteiger partial charge in [-0.1, -0.05) is 5.11 Å². The number of anilines is 1. The number of hydrogen-bond acceptors (Lipinski definition) is 8. The summed E-state index contributed by atoms with van der Waals surface area (Å²) in [6.07, 6.45) is 0. The Hall–Kier alpha value is -3.18.